The molecule has 0 radical (unpaired) electrons. The Labute approximate surface area is 160 Å². The molecule has 7 nitrogen and oxygen atoms in total. The molecule has 4 rings (SSSR count). The molecule has 27 heavy (non-hydrogen) atoms. The zero-order valence-corrected chi connectivity index (χ0v) is 16.1. The SMILES string of the molecule is Cc1nccnc1CN1CCC2(CC1)CCN(Cc1ncc[nH]1)CC2CO. The molecule has 2 aliphatic heterocycles. The van der Waals surface area contributed by atoms with Crippen LogP contribution < -0.4 is 0 Å². The third-order valence-electron chi connectivity index (χ3n) is 6.63. The number of imidazole rings is 1. The number of aliphatic hydroxyl groups is 1. The van der Waals surface area contributed by atoms with Crippen molar-refractivity contribution >= 4 is 0 Å². The van der Waals surface area contributed by atoms with E-state index in [1.165, 1.54) is 0 Å². The van der Waals surface area contributed by atoms with Crippen LogP contribution in [0.4, 0.5) is 0 Å². The largest absolute Gasteiger partial charge is 0.396 e. The molecule has 1 atom stereocenters. The minimum absolute atomic E-state index is 0.276. The maximum Gasteiger partial charge on any atom is 0.120 e. The Morgan fingerprint density at radius 2 is 1.78 bits per heavy atom. The Balaban J connectivity index is 1.35. The molecule has 1 unspecified atom stereocenters. The van der Waals surface area contributed by atoms with Crippen molar-refractivity contribution < 1.29 is 5.11 Å². The lowest BCUT2D eigenvalue weighted by atomic mass is 9.64. The molecule has 0 amide bonds. The summed E-state index contributed by atoms with van der Waals surface area (Å²) in [5.74, 6) is 1.36. The number of likely N-dealkylation sites (tertiary alicyclic amines) is 2. The van der Waals surface area contributed by atoms with Gasteiger partial charge >= 0.3 is 0 Å². The van der Waals surface area contributed by atoms with Gasteiger partial charge in [0.2, 0.25) is 0 Å². The van der Waals surface area contributed by atoms with Gasteiger partial charge in [-0.05, 0) is 51.2 Å². The van der Waals surface area contributed by atoms with Crippen molar-refractivity contribution in [2.75, 3.05) is 32.8 Å². The van der Waals surface area contributed by atoms with Crippen LogP contribution in [-0.2, 0) is 13.1 Å². The Bertz CT molecular complexity index is 726. The molecular weight excluding hydrogens is 340 g/mol. The molecule has 146 valence electrons. The molecule has 2 saturated heterocycles. The van der Waals surface area contributed by atoms with E-state index in [9.17, 15) is 5.11 Å². The number of H-pyrrole nitrogens is 1. The highest BCUT2D eigenvalue weighted by atomic mass is 16.3. The second kappa shape index (κ2) is 8.04. The molecule has 0 aromatic carbocycles. The van der Waals surface area contributed by atoms with Crippen LogP contribution in [0, 0.1) is 18.3 Å². The van der Waals surface area contributed by atoms with E-state index in [-0.39, 0.29) is 12.0 Å². The first kappa shape index (κ1) is 18.5. The van der Waals surface area contributed by atoms with Crippen LogP contribution in [-0.4, -0.2) is 67.6 Å². The highest BCUT2D eigenvalue weighted by molar-refractivity contribution is 5.08. The summed E-state index contributed by atoms with van der Waals surface area (Å²) in [6, 6.07) is 0. The normalized spacial score (nSPS) is 23.7. The van der Waals surface area contributed by atoms with Crippen LogP contribution in [0.2, 0.25) is 0 Å². The molecule has 0 saturated carbocycles. The molecule has 2 aromatic rings. The first-order valence-corrected chi connectivity index (χ1v) is 9.99. The van der Waals surface area contributed by atoms with Gasteiger partial charge < -0.3 is 10.1 Å². The van der Waals surface area contributed by atoms with Gasteiger partial charge in [0.05, 0.1) is 17.9 Å². The second-order valence-corrected chi connectivity index (χ2v) is 8.13. The number of piperidine rings is 2. The van der Waals surface area contributed by atoms with Gasteiger partial charge in [-0.25, -0.2) is 4.98 Å². The van der Waals surface area contributed by atoms with Crippen LogP contribution in [0.15, 0.2) is 24.8 Å². The summed E-state index contributed by atoms with van der Waals surface area (Å²) in [7, 11) is 0. The van der Waals surface area contributed by atoms with Gasteiger partial charge in [0.1, 0.15) is 5.82 Å². The van der Waals surface area contributed by atoms with Crippen LogP contribution in [0.1, 0.15) is 36.5 Å². The lowest BCUT2D eigenvalue weighted by Gasteiger charge is -2.51. The summed E-state index contributed by atoms with van der Waals surface area (Å²) in [5, 5.41) is 10.1. The van der Waals surface area contributed by atoms with Gasteiger partial charge in [0, 0.05) is 50.4 Å². The van der Waals surface area contributed by atoms with Gasteiger partial charge in [0.15, 0.2) is 0 Å². The van der Waals surface area contributed by atoms with Crippen molar-refractivity contribution in [3.63, 3.8) is 0 Å². The van der Waals surface area contributed by atoms with Gasteiger partial charge in [-0.1, -0.05) is 0 Å². The number of nitrogens with zero attached hydrogens (tertiary/aromatic N) is 5. The molecule has 2 N–H and O–H groups in total. The minimum atomic E-state index is 0.276. The molecule has 2 aliphatic rings. The van der Waals surface area contributed by atoms with Gasteiger partial charge in [-0.2, -0.15) is 0 Å². The number of aromatic nitrogens is 4. The van der Waals surface area contributed by atoms with E-state index in [4.69, 9.17) is 0 Å². The smallest absolute Gasteiger partial charge is 0.120 e. The van der Waals surface area contributed by atoms with Crippen molar-refractivity contribution in [1.29, 1.82) is 0 Å². The lowest BCUT2D eigenvalue weighted by Crippen LogP contribution is -2.53. The molecule has 2 fully saturated rings. The van der Waals surface area contributed by atoms with Gasteiger partial charge in [-0.3, -0.25) is 19.8 Å². The molecule has 7 heteroatoms. The molecule has 0 aliphatic carbocycles. The van der Waals surface area contributed by atoms with E-state index in [2.05, 4.69) is 29.7 Å². The van der Waals surface area contributed by atoms with Crippen molar-refractivity contribution in [2.24, 2.45) is 11.3 Å². The first-order chi connectivity index (χ1) is 13.2. The average molecular weight is 371 g/mol. The molecule has 1 spiro atoms. The van der Waals surface area contributed by atoms with Gasteiger partial charge in [0.25, 0.3) is 0 Å². The standard InChI is InChI=1S/C20H30N6O/c1-16-18(22-6-5-21-16)13-25-9-2-20(3-10-25)4-11-26(12-17(20)15-27)14-19-23-7-8-24-19/h5-8,17,27H,2-4,9-15H2,1H3,(H,23,24). The molecular formula is C20H30N6O. The maximum atomic E-state index is 10.1. The number of aliphatic hydroxyl groups excluding tert-OH is 1. The topological polar surface area (TPSA) is 81.2 Å². The Morgan fingerprint density at radius 1 is 1.04 bits per heavy atom. The lowest BCUT2D eigenvalue weighted by molar-refractivity contribution is -0.0456. The Hall–Kier alpha value is -1.83. The summed E-state index contributed by atoms with van der Waals surface area (Å²) < 4.78 is 0. The van der Waals surface area contributed by atoms with E-state index < -0.39 is 0 Å². The summed E-state index contributed by atoms with van der Waals surface area (Å²) in [5.41, 5.74) is 2.39. The van der Waals surface area contributed by atoms with E-state index in [0.717, 1.165) is 75.7 Å². The predicted molar refractivity (Wildman–Crippen MR) is 103 cm³/mol. The fourth-order valence-electron chi connectivity index (χ4n) is 4.79. The zero-order valence-electron chi connectivity index (χ0n) is 16.1. The zero-order chi connectivity index (χ0) is 18.7. The third kappa shape index (κ3) is 4.05. The van der Waals surface area contributed by atoms with Crippen molar-refractivity contribution in [3.8, 4) is 0 Å². The van der Waals surface area contributed by atoms with Crippen LogP contribution >= 0.6 is 0 Å². The highest BCUT2D eigenvalue weighted by Crippen LogP contribution is 2.45. The van der Waals surface area contributed by atoms with E-state index in [1.807, 2.05) is 13.1 Å². The Morgan fingerprint density at radius 3 is 2.44 bits per heavy atom. The minimum Gasteiger partial charge on any atom is -0.396 e. The monoisotopic (exact) mass is 370 g/mol. The fourth-order valence-corrected chi connectivity index (χ4v) is 4.79. The predicted octanol–water partition coefficient (Wildman–Crippen LogP) is 1.60. The maximum absolute atomic E-state index is 10.1. The number of aryl methyl sites for hydroxylation is 1. The van der Waals surface area contributed by atoms with E-state index in [0.29, 0.717) is 5.92 Å². The highest BCUT2D eigenvalue weighted by Gasteiger charge is 2.44. The molecule has 2 aromatic heterocycles. The average Bonchev–Trinajstić information content (AvgIpc) is 3.20. The van der Waals surface area contributed by atoms with E-state index in [1.54, 1.807) is 18.6 Å². The Kier molecular flexibility index (Phi) is 5.52. The molecule has 0 bridgehead atoms. The fraction of sp³-hybridized carbons (Fsp3) is 0.650. The van der Waals surface area contributed by atoms with Crippen molar-refractivity contribution in [1.82, 2.24) is 29.7 Å². The summed E-state index contributed by atoms with van der Waals surface area (Å²) in [6.07, 6.45) is 10.7. The summed E-state index contributed by atoms with van der Waals surface area (Å²) in [6.45, 7) is 8.22. The summed E-state index contributed by atoms with van der Waals surface area (Å²) in [4.78, 5) is 21.3. The third-order valence-corrected chi connectivity index (χ3v) is 6.63. The number of hydrogen-bond acceptors (Lipinski definition) is 6. The van der Waals surface area contributed by atoms with Crippen molar-refractivity contribution in [3.05, 3.63) is 42.0 Å². The van der Waals surface area contributed by atoms with Gasteiger partial charge in [-0.15, -0.1) is 0 Å². The number of hydrogen-bond donors (Lipinski definition) is 2. The summed E-state index contributed by atoms with van der Waals surface area (Å²) >= 11 is 0. The first-order valence-electron chi connectivity index (χ1n) is 9.99. The van der Waals surface area contributed by atoms with E-state index >= 15 is 0 Å². The van der Waals surface area contributed by atoms with Crippen molar-refractivity contribution in [2.45, 2.75) is 39.3 Å². The number of aromatic amines is 1. The molecule has 4 heterocycles. The number of nitrogens with one attached hydrogen (secondary N) is 1. The number of rotatable bonds is 5. The quantitative estimate of drug-likeness (QED) is 0.832. The van der Waals surface area contributed by atoms with Crippen LogP contribution in [0.25, 0.3) is 0 Å². The second-order valence-electron chi connectivity index (χ2n) is 8.13. The van der Waals surface area contributed by atoms with Crippen LogP contribution in [0.3, 0.4) is 0 Å². The van der Waals surface area contributed by atoms with Crippen LogP contribution in [0.5, 0.6) is 0 Å².